The van der Waals surface area contributed by atoms with E-state index in [2.05, 4.69) is 33.0 Å². The van der Waals surface area contributed by atoms with Crippen LogP contribution in [0.15, 0.2) is 0 Å². The summed E-state index contributed by atoms with van der Waals surface area (Å²) in [4.78, 5) is 0. The molecule has 0 aromatic heterocycles. The third-order valence-electron chi connectivity index (χ3n) is 3.36. The first-order chi connectivity index (χ1) is 6.05. The maximum atomic E-state index is 3.54. The van der Waals surface area contributed by atoms with Crippen LogP contribution in [0.5, 0.6) is 0 Å². The molecule has 2 atom stereocenters. The van der Waals surface area contributed by atoms with E-state index in [1.54, 1.807) is 0 Å². The molecule has 0 radical (unpaired) electrons. The molecule has 0 aromatic rings. The molecule has 0 saturated heterocycles. The van der Waals surface area contributed by atoms with Gasteiger partial charge in [0, 0.05) is 0 Å². The highest BCUT2D eigenvalue weighted by Gasteiger charge is 2.38. The van der Waals surface area contributed by atoms with Gasteiger partial charge in [0.15, 0.2) is 0 Å². The van der Waals surface area contributed by atoms with Crippen molar-refractivity contribution >= 4 is 0 Å². The van der Waals surface area contributed by atoms with Crippen molar-refractivity contribution in [2.24, 2.45) is 17.3 Å². The Bertz CT molecular complexity index is 146. The van der Waals surface area contributed by atoms with E-state index in [9.17, 15) is 0 Å². The Kier molecular flexibility index (Phi) is 3.78. The molecule has 0 amide bonds. The van der Waals surface area contributed by atoms with Gasteiger partial charge in [0.05, 0.1) is 0 Å². The first-order valence-corrected chi connectivity index (χ1v) is 5.76. The average molecular weight is 183 g/mol. The molecular formula is C12H25N. The highest BCUT2D eigenvalue weighted by molar-refractivity contribution is 4.89. The van der Waals surface area contributed by atoms with Gasteiger partial charge in [0.1, 0.15) is 0 Å². The fraction of sp³-hybridized carbons (Fsp3) is 1.00. The SMILES string of the molecule is CCCNCC1CCC1C(C)(C)C. The van der Waals surface area contributed by atoms with Gasteiger partial charge in [0.25, 0.3) is 0 Å². The molecule has 0 heterocycles. The predicted molar refractivity (Wildman–Crippen MR) is 58.8 cm³/mol. The van der Waals surface area contributed by atoms with Gasteiger partial charge in [-0.25, -0.2) is 0 Å². The van der Waals surface area contributed by atoms with Crippen molar-refractivity contribution in [2.45, 2.75) is 47.0 Å². The summed E-state index contributed by atoms with van der Waals surface area (Å²) in [6, 6.07) is 0. The Morgan fingerprint density at radius 2 is 1.92 bits per heavy atom. The molecule has 1 nitrogen and oxygen atoms in total. The Balaban J connectivity index is 2.21. The lowest BCUT2D eigenvalue weighted by Crippen LogP contribution is -2.42. The van der Waals surface area contributed by atoms with Crippen LogP contribution in [0.2, 0.25) is 0 Å². The molecule has 13 heavy (non-hydrogen) atoms. The largest absolute Gasteiger partial charge is 0.316 e. The van der Waals surface area contributed by atoms with Crippen molar-refractivity contribution in [1.29, 1.82) is 0 Å². The van der Waals surface area contributed by atoms with Crippen LogP contribution < -0.4 is 5.32 Å². The zero-order chi connectivity index (χ0) is 9.90. The van der Waals surface area contributed by atoms with Gasteiger partial charge in [-0.05, 0) is 49.6 Å². The first kappa shape index (κ1) is 11.0. The normalized spacial score (nSPS) is 28.6. The van der Waals surface area contributed by atoms with E-state index in [1.807, 2.05) is 0 Å². The van der Waals surface area contributed by atoms with Gasteiger partial charge >= 0.3 is 0 Å². The minimum atomic E-state index is 0.525. The number of rotatable bonds is 4. The van der Waals surface area contributed by atoms with Crippen molar-refractivity contribution < 1.29 is 0 Å². The second-order valence-electron chi connectivity index (χ2n) is 5.51. The molecule has 0 spiro atoms. The summed E-state index contributed by atoms with van der Waals surface area (Å²) in [5, 5.41) is 3.54. The standard InChI is InChI=1S/C12H25N/c1-5-8-13-9-10-6-7-11(10)12(2,3)4/h10-11,13H,5-9H2,1-4H3. The lowest BCUT2D eigenvalue weighted by molar-refractivity contribution is 0.0562. The Morgan fingerprint density at radius 3 is 2.31 bits per heavy atom. The van der Waals surface area contributed by atoms with Crippen LogP contribution in [0, 0.1) is 17.3 Å². The van der Waals surface area contributed by atoms with Crippen molar-refractivity contribution in [3.05, 3.63) is 0 Å². The third kappa shape index (κ3) is 2.98. The summed E-state index contributed by atoms with van der Waals surface area (Å²) < 4.78 is 0. The van der Waals surface area contributed by atoms with Crippen LogP contribution in [0.3, 0.4) is 0 Å². The summed E-state index contributed by atoms with van der Waals surface area (Å²) in [5.41, 5.74) is 0.525. The van der Waals surface area contributed by atoms with Crippen LogP contribution in [0.4, 0.5) is 0 Å². The fourth-order valence-electron chi connectivity index (χ4n) is 2.42. The Hall–Kier alpha value is -0.0400. The van der Waals surface area contributed by atoms with Gasteiger partial charge in [-0.15, -0.1) is 0 Å². The van der Waals surface area contributed by atoms with E-state index in [0.717, 1.165) is 11.8 Å². The lowest BCUT2D eigenvalue weighted by Gasteiger charge is -2.45. The summed E-state index contributed by atoms with van der Waals surface area (Å²) in [6.45, 7) is 11.8. The van der Waals surface area contributed by atoms with Gasteiger partial charge in [-0.3, -0.25) is 0 Å². The summed E-state index contributed by atoms with van der Waals surface area (Å²) in [7, 11) is 0. The van der Waals surface area contributed by atoms with Crippen LogP contribution >= 0.6 is 0 Å². The predicted octanol–water partition coefficient (Wildman–Crippen LogP) is 3.06. The van der Waals surface area contributed by atoms with E-state index < -0.39 is 0 Å². The van der Waals surface area contributed by atoms with Crippen molar-refractivity contribution in [3.8, 4) is 0 Å². The molecule has 1 rings (SSSR count). The zero-order valence-corrected chi connectivity index (χ0v) is 9.69. The molecule has 1 saturated carbocycles. The summed E-state index contributed by atoms with van der Waals surface area (Å²) >= 11 is 0. The monoisotopic (exact) mass is 183 g/mol. The van der Waals surface area contributed by atoms with E-state index in [1.165, 1.54) is 32.4 Å². The Labute approximate surface area is 83.3 Å². The van der Waals surface area contributed by atoms with Crippen molar-refractivity contribution in [1.82, 2.24) is 5.32 Å². The van der Waals surface area contributed by atoms with Crippen LogP contribution in [0.1, 0.15) is 47.0 Å². The van der Waals surface area contributed by atoms with Gasteiger partial charge in [-0.2, -0.15) is 0 Å². The molecule has 2 unspecified atom stereocenters. The van der Waals surface area contributed by atoms with Crippen LogP contribution in [-0.4, -0.2) is 13.1 Å². The molecule has 0 aromatic carbocycles. The number of nitrogens with one attached hydrogen (secondary N) is 1. The average Bonchev–Trinajstić information content (AvgIpc) is 1.92. The smallest absolute Gasteiger partial charge is 0.00177 e. The second kappa shape index (κ2) is 4.45. The van der Waals surface area contributed by atoms with Crippen LogP contribution in [-0.2, 0) is 0 Å². The highest BCUT2D eigenvalue weighted by atomic mass is 14.9. The van der Waals surface area contributed by atoms with E-state index in [4.69, 9.17) is 0 Å². The zero-order valence-electron chi connectivity index (χ0n) is 9.69. The molecule has 1 aliphatic rings. The number of hydrogen-bond donors (Lipinski definition) is 1. The van der Waals surface area contributed by atoms with Gasteiger partial charge in [0.2, 0.25) is 0 Å². The topological polar surface area (TPSA) is 12.0 Å². The third-order valence-corrected chi connectivity index (χ3v) is 3.36. The highest BCUT2D eigenvalue weighted by Crippen LogP contribution is 2.45. The van der Waals surface area contributed by atoms with E-state index in [-0.39, 0.29) is 0 Å². The molecule has 1 aliphatic carbocycles. The second-order valence-corrected chi connectivity index (χ2v) is 5.51. The summed E-state index contributed by atoms with van der Waals surface area (Å²) in [6.07, 6.45) is 4.15. The van der Waals surface area contributed by atoms with E-state index in [0.29, 0.717) is 5.41 Å². The maximum Gasteiger partial charge on any atom is -0.00177 e. The maximum absolute atomic E-state index is 3.54. The first-order valence-electron chi connectivity index (χ1n) is 5.76. The number of hydrogen-bond acceptors (Lipinski definition) is 1. The van der Waals surface area contributed by atoms with Gasteiger partial charge in [-0.1, -0.05) is 27.7 Å². The summed E-state index contributed by atoms with van der Waals surface area (Å²) in [5.74, 6) is 1.91. The molecular weight excluding hydrogens is 158 g/mol. The lowest BCUT2D eigenvalue weighted by atomic mass is 9.61. The molecule has 0 aliphatic heterocycles. The minimum absolute atomic E-state index is 0.525. The van der Waals surface area contributed by atoms with Crippen molar-refractivity contribution in [3.63, 3.8) is 0 Å². The quantitative estimate of drug-likeness (QED) is 0.661. The molecule has 1 N–H and O–H groups in total. The Morgan fingerprint density at radius 1 is 1.23 bits per heavy atom. The molecule has 0 bridgehead atoms. The van der Waals surface area contributed by atoms with Crippen molar-refractivity contribution in [2.75, 3.05) is 13.1 Å². The fourth-order valence-corrected chi connectivity index (χ4v) is 2.42. The van der Waals surface area contributed by atoms with E-state index >= 15 is 0 Å². The minimum Gasteiger partial charge on any atom is -0.316 e. The molecule has 78 valence electrons. The van der Waals surface area contributed by atoms with Crippen LogP contribution in [0.25, 0.3) is 0 Å². The molecule has 1 fully saturated rings. The molecule has 1 heteroatoms. The van der Waals surface area contributed by atoms with Gasteiger partial charge < -0.3 is 5.32 Å².